The van der Waals surface area contributed by atoms with E-state index in [1.165, 1.54) is 11.0 Å². The molecular formula is C16H19FN4O2S2. The zero-order chi connectivity index (χ0) is 18.0. The molecule has 0 aromatic heterocycles. The first-order chi connectivity index (χ1) is 12.0. The van der Waals surface area contributed by atoms with Crippen molar-refractivity contribution in [2.24, 2.45) is 0 Å². The van der Waals surface area contributed by atoms with Crippen molar-refractivity contribution in [2.75, 3.05) is 49.6 Å². The second-order valence-corrected chi connectivity index (χ2v) is 6.63. The molecule has 6 nitrogen and oxygen atoms in total. The summed E-state index contributed by atoms with van der Waals surface area (Å²) < 4.78 is 19.9. The summed E-state index contributed by atoms with van der Waals surface area (Å²) in [4.78, 5) is 17.1. The van der Waals surface area contributed by atoms with Crippen molar-refractivity contribution in [1.82, 2.24) is 10.2 Å². The summed E-state index contributed by atoms with van der Waals surface area (Å²) in [5.41, 5.74) is 0.895. The Labute approximate surface area is 156 Å². The third-order valence-electron chi connectivity index (χ3n) is 4.22. The second-order valence-electron chi connectivity index (χ2n) is 5.93. The van der Waals surface area contributed by atoms with Crippen LogP contribution in [0.4, 0.5) is 20.6 Å². The number of amides is 1. The first-order valence-corrected chi connectivity index (χ1v) is 8.84. The van der Waals surface area contributed by atoms with Gasteiger partial charge in [-0.15, -0.1) is 0 Å². The van der Waals surface area contributed by atoms with Crippen molar-refractivity contribution in [1.29, 1.82) is 0 Å². The van der Waals surface area contributed by atoms with Gasteiger partial charge in [0.25, 0.3) is 0 Å². The van der Waals surface area contributed by atoms with Crippen LogP contribution in [0.3, 0.4) is 0 Å². The maximum Gasteiger partial charge on any atom is 0.414 e. The van der Waals surface area contributed by atoms with E-state index < -0.39 is 11.9 Å². The fourth-order valence-electron chi connectivity index (χ4n) is 2.90. The lowest BCUT2D eigenvalue weighted by Crippen LogP contribution is -2.32. The number of halogens is 1. The highest BCUT2D eigenvalue weighted by Gasteiger charge is 2.33. The topological polar surface area (TPSA) is 48.0 Å². The van der Waals surface area contributed by atoms with Gasteiger partial charge in [0.15, 0.2) is 5.11 Å². The smallest absolute Gasteiger partial charge is 0.414 e. The molecule has 1 atom stereocenters. The van der Waals surface area contributed by atoms with E-state index >= 15 is 0 Å². The van der Waals surface area contributed by atoms with Gasteiger partial charge in [-0.3, -0.25) is 4.90 Å². The van der Waals surface area contributed by atoms with Crippen LogP contribution >= 0.6 is 24.4 Å². The Morgan fingerprint density at radius 1 is 1.40 bits per heavy atom. The van der Waals surface area contributed by atoms with E-state index in [1.54, 1.807) is 22.4 Å². The third-order valence-corrected chi connectivity index (χ3v) is 4.92. The minimum absolute atomic E-state index is 0.287. The highest BCUT2D eigenvalue weighted by atomic mass is 32.1. The lowest BCUT2D eigenvalue weighted by atomic mass is 10.2. The number of rotatable bonds is 6. The molecule has 2 aliphatic heterocycles. The maximum absolute atomic E-state index is 14.6. The normalized spacial score (nSPS) is 20.4. The summed E-state index contributed by atoms with van der Waals surface area (Å²) in [5, 5.41) is 5.24. The number of hydrogen-bond donors (Lipinski definition) is 1. The molecule has 134 valence electrons. The van der Waals surface area contributed by atoms with Gasteiger partial charge in [0.05, 0.1) is 17.9 Å². The number of hydrogen-bond acceptors (Lipinski definition) is 5. The Balaban J connectivity index is 1.71. The van der Waals surface area contributed by atoms with E-state index in [1.807, 2.05) is 11.9 Å². The van der Waals surface area contributed by atoms with Crippen molar-refractivity contribution < 1.29 is 13.9 Å². The number of carbonyl (C=O) groups is 1. The zero-order valence-electron chi connectivity index (χ0n) is 13.8. The molecule has 2 heterocycles. The molecule has 2 aliphatic rings. The fourth-order valence-corrected chi connectivity index (χ4v) is 3.29. The number of likely N-dealkylation sites (N-methyl/N-ethyl adjacent to an activating group) is 1. The molecule has 2 saturated heterocycles. The number of nitrogens with one attached hydrogen (secondary N) is 1. The van der Waals surface area contributed by atoms with E-state index in [0.29, 0.717) is 42.7 Å². The third kappa shape index (κ3) is 3.73. The molecule has 3 rings (SSSR count). The van der Waals surface area contributed by atoms with Crippen molar-refractivity contribution in [3.8, 4) is 0 Å². The molecule has 1 amide bonds. The predicted octanol–water partition coefficient (Wildman–Crippen LogP) is 1.78. The molecule has 25 heavy (non-hydrogen) atoms. The van der Waals surface area contributed by atoms with E-state index in [2.05, 4.69) is 5.32 Å². The first kappa shape index (κ1) is 18.0. The summed E-state index contributed by atoms with van der Waals surface area (Å²) in [6, 6.07) is 4.72. The molecule has 1 aromatic rings. The number of carbonyl (C=O) groups excluding carboxylic acids is 1. The SMILES string of the molecule is CN1CCN(c2ccc(N3C[C@H](CNCC=S)OC3=O)cc2F)C1=S. The lowest BCUT2D eigenvalue weighted by Gasteiger charge is -2.21. The van der Waals surface area contributed by atoms with Crippen LogP contribution in [-0.2, 0) is 4.74 Å². The van der Waals surface area contributed by atoms with Gasteiger partial charge in [0.2, 0.25) is 0 Å². The molecule has 0 radical (unpaired) electrons. The highest BCUT2D eigenvalue weighted by Crippen LogP contribution is 2.29. The van der Waals surface area contributed by atoms with E-state index in [0.717, 1.165) is 6.54 Å². The molecule has 0 aliphatic carbocycles. The number of ether oxygens (including phenoxy) is 1. The molecule has 1 N–H and O–H groups in total. The average Bonchev–Trinajstić information content (AvgIpc) is 3.11. The van der Waals surface area contributed by atoms with Crippen molar-refractivity contribution in [3.63, 3.8) is 0 Å². The number of cyclic esters (lactones) is 1. The Bertz CT molecular complexity index is 703. The molecule has 0 bridgehead atoms. The van der Waals surface area contributed by atoms with Crippen LogP contribution in [0.5, 0.6) is 0 Å². The largest absolute Gasteiger partial charge is 0.443 e. The van der Waals surface area contributed by atoms with Crippen LogP contribution in [0.2, 0.25) is 0 Å². The summed E-state index contributed by atoms with van der Waals surface area (Å²) in [6.07, 6.45) is -0.761. The molecule has 1 aromatic carbocycles. The monoisotopic (exact) mass is 382 g/mol. The zero-order valence-corrected chi connectivity index (χ0v) is 15.4. The number of benzene rings is 1. The van der Waals surface area contributed by atoms with Gasteiger partial charge in [-0.2, -0.15) is 0 Å². The van der Waals surface area contributed by atoms with Crippen molar-refractivity contribution in [2.45, 2.75) is 6.10 Å². The first-order valence-electron chi connectivity index (χ1n) is 7.96. The van der Waals surface area contributed by atoms with Gasteiger partial charge in [-0.05, 0) is 35.8 Å². The number of thiocarbonyl (C=S) groups is 2. The van der Waals surface area contributed by atoms with Gasteiger partial charge in [0, 0.05) is 33.2 Å². The van der Waals surface area contributed by atoms with E-state index in [9.17, 15) is 9.18 Å². The minimum Gasteiger partial charge on any atom is -0.443 e. The molecule has 0 saturated carbocycles. The average molecular weight is 382 g/mol. The molecular weight excluding hydrogens is 363 g/mol. The van der Waals surface area contributed by atoms with Gasteiger partial charge < -0.3 is 19.9 Å². The Morgan fingerprint density at radius 2 is 2.20 bits per heavy atom. The van der Waals surface area contributed by atoms with Crippen LogP contribution in [0.15, 0.2) is 18.2 Å². The minimum atomic E-state index is -0.474. The Morgan fingerprint density at radius 3 is 2.84 bits per heavy atom. The molecule has 0 unspecified atom stereocenters. The van der Waals surface area contributed by atoms with Gasteiger partial charge in [-0.25, -0.2) is 9.18 Å². The summed E-state index contributed by atoms with van der Waals surface area (Å²) in [7, 11) is 1.88. The second kappa shape index (κ2) is 7.59. The molecule has 9 heteroatoms. The summed E-state index contributed by atoms with van der Waals surface area (Å²) in [6.45, 7) is 2.84. The maximum atomic E-state index is 14.6. The summed E-state index contributed by atoms with van der Waals surface area (Å²) in [5.74, 6) is -0.412. The summed E-state index contributed by atoms with van der Waals surface area (Å²) >= 11 is 10.1. The van der Waals surface area contributed by atoms with E-state index in [4.69, 9.17) is 29.2 Å². The number of nitrogens with zero attached hydrogens (tertiary/aromatic N) is 3. The van der Waals surface area contributed by atoms with Gasteiger partial charge >= 0.3 is 6.09 Å². The van der Waals surface area contributed by atoms with Crippen molar-refractivity contribution in [3.05, 3.63) is 24.0 Å². The van der Waals surface area contributed by atoms with Crippen LogP contribution in [-0.4, -0.2) is 67.3 Å². The van der Waals surface area contributed by atoms with Crippen LogP contribution in [0.1, 0.15) is 0 Å². The lowest BCUT2D eigenvalue weighted by molar-refractivity contribution is 0.141. The number of anilines is 2. The van der Waals surface area contributed by atoms with Gasteiger partial charge in [-0.1, -0.05) is 12.2 Å². The highest BCUT2D eigenvalue weighted by molar-refractivity contribution is 7.80. The fraction of sp³-hybridized carbons (Fsp3) is 0.438. The quantitative estimate of drug-likeness (QED) is 0.594. The van der Waals surface area contributed by atoms with Crippen LogP contribution in [0, 0.1) is 5.82 Å². The Kier molecular flexibility index (Phi) is 5.45. The van der Waals surface area contributed by atoms with Crippen LogP contribution < -0.4 is 15.1 Å². The molecule has 0 spiro atoms. The van der Waals surface area contributed by atoms with Crippen LogP contribution in [0.25, 0.3) is 0 Å². The van der Waals surface area contributed by atoms with Gasteiger partial charge in [0.1, 0.15) is 11.9 Å². The van der Waals surface area contributed by atoms with E-state index in [-0.39, 0.29) is 6.10 Å². The predicted molar refractivity (Wildman–Crippen MR) is 103 cm³/mol. The standard InChI is InChI=1S/C16H19FN4O2S2/c1-19-5-6-20(15(19)25)14-3-2-11(8-13(14)17)21-10-12(23-16(21)22)9-18-4-7-24/h2-3,7-8,12,18H,4-6,9-10H2,1H3/t12-/m0/s1. The Hall–Kier alpha value is -1.84. The molecule has 2 fully saturated rings. The van der Waals surface area contributed by atoms with Crippen molar-refractivity contribution >= 4 is 52.4 Å².